The number of benzene rings is 1. The summed E-state index contributed by atoms with van der Waals surface area (Å²) in [6.45, 7) is 5.56. The van der Waals surface area contributed by atoms with Gasteiger partial charge in [0.25, 0.3) is 5.91 Å². The highest BCUT2D eigenvalue weighted by atomic mass is 16.1. The number of aromatic nitrogens is 2. The lowest BCUT2D eigenvalue weighted by Gasteiger charge is -2.36. The van der Waals surface area contributed by atoms with Gasteiger partial charge in [-0.2, -0.15) is 0 Å². The number of hydrogen-bond donors (Lipinski definition) is 1. The molecular weight excluding hydrogens is 350 g/mol. The van der Waals surface area contributed by atoms with Crippen molar-refractivity contribution in [3.63, 3.8) is 0 Å². The average Bonchev–Trinajstić information content (AvgIpc) is 2.75. The Labute approximate surface area is 164 Å². The number of nitrogens with zero attached hydrogens (tertiary/aromatic N) is 4. The summed E-state index contributed by atoms with van der Waals surface area (Å²) in [5.74, 6) is 1.82. The SMILES string of the molecule is Cc1cccc(C(=O)Nc2ccc(N3CCN(c4ccccn4)CC3)nc2)c1. The van der Waals surface area contributed by atoms with E-state index in [0.29, 0.717) is 11.3 Å². The van der Waals surface area contributed by atoms with Crippen molar-refractivity contribution >= 4 is 23.2 Å². The fraction of sp³-hybridized carbons (Fsp3) is 0.227. The molecule has 6 nitrogen and oxygen atoms in total. The van der Waals surface area contributed by atoms with Gasteiger partial charge in [0.2, 0.25) is 0 Å². The largest absolute Gasteiger partial charge is 0.353 e. The molecule has 6 heteroatoms. The molecule has 0 atom stereocenters. The highest BCUT2D eigenvalue weighted by Crippen LogP contribution is 2.19. The fourth-order valence-electron chi connectivity index (χ4n) is 3.34. The van der Waals surface area contributed by atoms with E-state index < -0.39 is 0 Å². The smallest absolute Gasteiger partial charge is 0.255 e. The van der Waals surface area contributed by atoms with Gasteiger partial charge in [0.05, 0.1) is 11.9 Å². The van der Waals surface area contributed by atoms with Crippen molar-refractivity contribution < 1.29 is 4.79 Å². The molecular formula is C22H23N5O. The Balaban J connectivity index is 1.35. The van der Waals surface area contributed by atoms with Crippen molar-refractivity contribution in [1.82, 2.24) is 9.97 Å². The van der Waals surface area contributed by atoms with Crippen LogP contribution in [0.3, 0.4) is 0 Å². The fourth-order valence-corrected chi connectivity index (χ4v) is 3.34. The van der Waals surface area contributed by atoms with E-state index in [0.717, 1.165) is 43.4 Å². The maximum Gasteiger partial charge on any atom is 0.255 e. The number of rotatable bonds is 4. The Morgan fingerprint density at radius 3 is 2.25 bits per heavy atom. The number of hydrogen-bond acceptors (Lipinski definition) is 5. The van der Waals surface area contributed by atoms with Crippen LogP contribution in [0, 0.1) is 6.92 Å². The molecule has 0 aliphatic carbocycles. The molecule has 142 valence electrons. The predicted molar refractivity (Wildman–Crippen MR) is 112 cm³/mol. The van der Waals surface area contributed by atoms with Crippen LogP contribution in [0.5, 0.6) is 0 Å². The third-order valence-corrected chi connectivity index (χ3v) is 4.86. The van der Waals surface area contributed by atoms with E-state index in [-0.39, 0.29) is 5.91 Å². The van der Waals surface area contributed by atoms with Gasteiger partial charge in [0.1, 0.15) is 11.6 Å². The van der Waals surface area contributed by atoms with E-state index in [4.69, 9.17) is 0 Å². The summed E-state index contributed by atoms with van der Waals surface area (Å²) in [6.07, 6.45) is 3.54. The number of pyridine rings is 2. The molecule has 1 fully saturated rings. The van der Waals surface area contributed by atoms with Crippen LogP contribution in [0.25, 0.3) is 0 Å². The highest BCUT2D eigenvalue weighted by molar-refractivity contribution is 6.04. The Kier molecular flexibility index (Phi) is 5.19. The van der Waals surface area contributed by atoms with Crippen molar-refractivity contribution in [2.75, 3.05) is 41.3 Å². The van der Waals surface area contributed by atoms with Crippen LogP contribution >= 0.6 is 0 Å². The zero-order valence-corrected chi connectivity index (χ0v) is 15.9. The van der Waals surface area contributed by atoms with Gasteiger partial charge in [0.15, 0.2) is 0 Å². The normalized spacial score (nSPS) is 14.0. The molecule has 0 radical (unpaired) electrons. The zero-order valence-electron chi connectivity index (χ0n) is 15.9. The number of amides is 1. The molecule has 28 heavy (non-hydrogen) atoms. The molecule has 1 aliphatic rings. The number of nitrogens with one attached hydrogen (secondary N) is 1. The van der Waals surface area contributed by atoms with Gasteiger partial charge < -0.3 is 15.1 Å². The maximum absolute atomic E-state index is 12.4. The monoisotopic (exact) mass is 373 g/mol. The summed E-state index contributed by atoms with van der Waals surface area (Å²) >= 11 is 0. The highest BCUT2D eigenvalue weighted by Gasteiger charge is 2.19. The van der Waals surface area contributed by atoms with Gasteiger partial charge >= 0.3 is 0 Å². The van der Waals surface area contributed by atoms with Crippen LogP contribution in [0.15, 0.2) is 67.0 Å². The average molecular weight is 373 g/mol. The van der Waals surface area contributed by atoms with Gasteiger partial charge in [0, 0.05) is 37.9 Å². The minimum Gasteiger partial charge on any atom is -0.353 e. The van der Waals surface area contributed by atoms with Crippen LogP contribution in [-0.4, -0.2) is 42.1 Å². The van der Waals surface area contributed by atoms with Crippen molar-refractivity contribution in [2.24, 2.45) is 0 Å². The lowest BCUT2D eigenvalue weighted by atomic mass is 10.1. The first-order valence-electron chi connectivity index (χ1n) is 9.44. The van der Waals surface area contributed by atoms with Crippen molar-refractivity contribution in [2.45, 2.75) is 6.92 Å². The molecule has 2 aromatic heterocycles. The van der Waals surface area contributed by atoms with Crippen LogP contribution in [0.1, 0.15) is 15.9 Å². The van der Waals surface area contributed by atoms with Crippen LogP contribution in [0.4, 0.5) is 17.3 Å². The summed E-state index contributed by atoms with van der Waals surface area (Å²) in [6, 6.07) is 17.4. The molecule has 0 saturated carbocycles. The predicted octanol–water partition coefficient (Wildman–Crippen LogP) is 3.36. The number of piperazine rings is 1. The van der Waals surface area contributed by atoms with Crippen molar-refractivity contribution in [1.29, 1.82) is 0 Å². The van der Waals surface area contributed by atoms with Crippen LogP contribution < -0.4 is 15.1 Å². The Bertz CT molecular complexity index is 935. The van der Waals surface area contributed by atoms with E-state index in [9.17, 15) is 4.79 Å². The third kappa shape index (κ3) is 4.11. The number of anilines is 3. The summed E-state index contributed by atoms with van der Waals surface area (Å²) in [7, 11) is 0. The lowest BCUT2D eigenvalue weighted by molar-refractivity contribution is 0.102. The van der Waals surface area contributed by atoms with Gasteiger partial charge in [-0.15, -0.1) is 0 Å². The van der Waals surface area contributed by atoms with Crippen LogP contribution in [-0.2, 0) is 0 Å². The quantitative estimate of drug-likeness (QED) is 0.760. The standard InChI is InChI=1S/C22H23N5O/c1-17-5-4-6-18(15-17)22(28)25-19-8-9-21(24-16-19)27-13-11-26(12-14-27)20-7-2-3-10-23-20/h2-10,15-16H,11-14H2,1H3,(H,25,28). The second-order valence-electron chi connectivity index (χ2n) is 6.89. The van der Waals surface area contributed by atoms with E-state index >= 15 is 0 Å². The molecule has 1 N–H and O–H groups in total. The summed E-state index contributed by atoms with van der Waals surface area (Å²) in [4.78, 5) is 25.9. The third-order valence-electron chi connectivity index (χ3n) is 4.86. The minimum atomic E-state index is -0.123. The van der Waals surface area contributed by atoms with E-state index in [2.05, 4.69) is 25.1 Å². The van der Waals surface area contributed by atoms with E-state index in [1.165, 1.54) is 0 Å². The molecule has 1 amide bonds. The molecule has 3 heterocycles. The van der Waals surface area contributed by atoms with E-state index in [1.54, 1.807) is 6.20 Å². The molecule has 0 unspecified atom stereocenters. The van der Waals surface area contributed by atoms with E-state index in [1.807, 2.05) is 67.7 Å². The second-order valence-corrected chi connectivity index (χ2v) is 6.89. The first-order valence-corrected chi connectivity index (χ1v) is 9.44. The first kappa shape index (κ1) is 18.0. The molecule has 0 bridgehead atoms. The van der Waals surface area contributed by atoms with Crippen molar-refractivity contribution in [3.8, 4) is 0 Å². The van der Waals surface area contributed by atoms with Gasteiger partial charge in [-0.1, -0.05) is 23.8 Å². The molecule has 1 saturated heterocycles. The number of carbonyl (C=O) groups is 1. The van der Waals surface area contributed by atoms with Crippen LogP contribution in [0.2, 0.25) is 0 Å². The van der Waals surface area contributed by atoms with Gasteiger partial charge in [-0.05, 0) is 43.3 Å². The number of aryl methyl sites for hydroxylation is 1. The summed E-state index contributed by atoms with van der Waals surface area (Å²) in [5, 5.41) is 2.91. The van der Waals surface area contributed by atoms with Crippen molar-refractivity contribution in [3.05, 3.63) is 78.1 Å². The molecule has 3 aromatic rings. The zero-order chi connectivity index (χ0) is 19.3. The minimum absolute atomic E-state index is 0.123. The summed E-state index contributed by atoms with van der Waals surface area (Å²) < 4.78 is 0. The van der Waals surface area contributed by atoms with Gasteiger partial charge in [-0.25, -0.2) is 9.97 Å². The topological polar surface area (TPSA) is 61.4 Å². The summed E-state index contributed by atoms with van der Waals surface area (Å²) in [5.41, 5.74) is 2.41. The van der Waals surface area contributed by atoms with Gasteiger partial charge in [-0.3, -0.25) is 4.79 Å². The maximum atomic E-state index is 12.4. The molecule has 1 aromatic carbocycles. The second kappa shape index (κ2) is 8.08. The molecule has 1 aliphatic heterocycles. The molecule has 0 spiro atoms. The Hall–Kier alpha value is -3.41. The number of carbonyl (C=O) groups excluding carboxylic acids is 1. The molecule has 4 rings (SSSR count). The first-order chi connectivity index (χ1) is 13.7. The Morgan fingerprint density at radius 1 is 0.893 bits per heavy atom. The lowest BCUT2D eigenvalue weighted by Crippen LogP contribution is -2.47. The Morgan fingerprint density at radius 2 is 1.64 bits per heavy atom.